The number of rotatable bonds is 5. The first kappa shape index (κ1) is 18.2. The van der Waals surface area contributed by atoms with Gasteiger partial charge in [-0.1, -0.05) is 35.3 Å². The normalized spacial score (nSPS) is 13.7. The van der Waals surface area contributed by atoms with Gasteiger partial charge in [-0.3, -0.25) is 0 Å². The number of aromatic nitrogens is 4. The summed E-state index contributed by atoms with van der Waals surface area (Å²) < 4.78 is 1.67. The highest BCUT2D eigenvalue weighted by Crippen LogP contribution is 2.34. The lowest BCUT2D eigenvalue weighted by Crippen LogP contribution is -2.07. The SMILES string of the molecule is Nc1c2c(-c3ccc(Cl)cc3)nc(NCC3CC3)nc2nn1-c1ccc(Cl)cc1. The van der Waals surface area contributed by atoms with E-state index in [0.717, 1.165) is 23.5 Å². The van der Waals surface area contributed by atoms with E-state index in [9.17, 15) is 0 Å². The maximum atomic E-state index is 6.50. The zero-order chi connectivity index (χ0) is 20.0. The molecule has 0 aliphatic heterocycles. The number of anilines is 2. The van der Waals surface area contributed by atoms with E-state index in [1.807, 2.05) is 36.4 Å². The summed E-state index contributed by atoms with van der Waals surface area (Å²) in [5.74, 6) is 1.72. The summed E-state index contributed by atoms with van der Waals surface area (Å²) in [5.41, 5.74) is 9.47. The maximum absolute atomic E-state index is 6.50. The molecular weight excluding hydrogens is 407 g/mol. The van der Waals surface area contributed by atoms with Crippen LogP contribution in [0.2, 0.25) is 10.0 Å². The number of nitrogens with one attached hydrogen (secondary N) is 1. The molecule has 146 valence electrons. The Morgan fingerprint density at radius 1 is 0.966 bits per heavy atom. The van der Waals surface area contributed by atoms with Crippen molar-refractivity contribution in [2.24, 2.45) is 5.92 Å². The minimum Gasteiger partial charge on any atom is -0.383 e. The van der Waals surface area contributed by atoms with Crippen LogP contribution in [-0.2, 0) is 0 Å². The Balaban J connectivity index is 1.68. The zero-order valence-corrected chi connectivity index (χ0v) is 17.0. The molecule has 6 nitrogen and oxygen atoms in total. The van der Waals surface area contributed by atoms with Crippen molar-refractivity contribution in [3.8, 4) is 16.9 Å². The third kappa shape index (κ3) is 3.61. The van der Waals surface area contributed by atoms with Crippen molar-refractivity contribution < 1.29 is 0 Å². The fourth-order valence-electron chi connectivity index (χ4n) is 3.24. The molecule has 2 aromatic carbocycles. The zero-order valence-electron chi connectivity index (χ0n) is 15.4. The molecule has 8 heteroatoms. The van der Waals surface area contributed by atoms with Crippen LogP contribution in [0.4, 0.5) is 11.8 Å². The van der Waals surface area contributed by atoms with Gasteiger partial charge in [0.2, 0.25) is 5.95 Å². The van der Waals surface area contributed by atoms with Gasteiger partial charge in [0, 0.05) is 22.2 Å². The molecule has 4 aromatic rings. The van der Waals surface area contributed by atoms with Gasteiger partial charge in [-0.2, -0.15) is 4.98 Å². The Hall–Kier alpha value is -2.83. The lowest BCUT2D eigenvalue weighted by molar-refractivity contribution is 0.872. The number of hydrogen-bond acceptors (Lipinski definition) is 5. The Kier molecular flexibility index (Phi) is 4.53. The van der Waals surface area contributed by atoms with Crippen molar-refractivity contribution in [1.82, 2.24) is 19.7 Å². The molecule has 1 fully saturated rings. The van der Waals surface area contributed by atoms with Crippen LogP contribution in [-0.4, -0.2) is 26.3 Å². The molecule has 0 bridgehead atoms. The van der Waals surface area contributed by atoms with Crippen LogP contribution < -0.4 is 11.1 Å². The molecule has 5 rings (SSSR count). The minimum atomic E-state index is 0.473. The van der Waals surface area contributed by atoms with E-state index in [1.165, 1.54) is 12.8 Å². The van der Waals surface area contributed by atoms with Crippen LogP contribution in [0.1, 0.15) is 12.8 Å². The standard InChI is InChI=1S/C21H18Cl2N6/c22-14-5-3-13(4-6-14)18-17-19(24)29(16-9-7-15(23)8-10-16)28-20(17)27-21(26-18)25-11-12-1-2-12/h3-10,12H,1-2,11,24H2,(H,25,27,28). The van der Waals surface area contributed by atoms with Gasteiger partial charge in [-0.25, -0.2) is 9.67 Å². The Morgan fingerprint density at radius 2 is 1.62 bits per heavy atom. The summed E-state index contributed by atoms with van der Waals surface area (Å²) >= 11 is 12.1. The highest BCUT2D eigenvalue weighted by atomic mass is 35.5. The number of nitrogens with zero attached hydrogens (tertiary/aromatic N) is 4. The van der Waals surface area contributed by atoms with E-state index in [1.54, 1.807) is 16.8 Å². The van der Waals surface area contributed by atoms with E-state index >= 15 is 0 Å². The van der Waals surface area contributed by atoms with E-state index < -0.39 is 0 Å². The van der Waals surface area contributed by atoms with Gasteiger partial charge in [0.15, 0.2) is 5.65 Å². The molecule has 0 unspecified atom stereocenters. The van der Waals surface area contributed by atoms with Crippen LogP contribution in [0.15, 0.2) is 48.5 Å². The fraction of sp³-hybridized carbons (Fsp3) is 0.190. The first-order valence-electron chi connectivity index (χ1n) is 9.40. The van der Waals surface area contributed by atoms with E-state index in [2.05, 4.69) is 15.4 Å². The third-order valence-corrected chi connectivity index (χ3v) is 5.51. The summed E-state index contributed by atoms with van der Waals surface area (Å²) in [4.78, 5) is 9.38. The van der Waals surface area contributed by atoms with Crippen molar-refractivity contribution in [3.05, 3.63) is 58.6 Å². The van der Waals surface area contributed by atoms with Gasteiger partial charge in [0.05, 0.1) is 16.8 Å². The predicted molar refractivity (Wildman–Crippen MR) is 118 cm³/mol. The highest BCUT2D eigenvalue weighted by Gasteiger charge is 2.23. The summed E-state index contributed by atoms with van der Waals surface area (Å²) in [6, 6.07) is 14.9. The number of nitrogen functional groups attached to an aromatic ring is 1. The van der Waals surface area contributed by atoms with Gasteiger partial charge in [-0.15, -0.1) is 5.10 Å². The Bertz CT molecular complexity index is 1180. The largest absolute Gasteiger partial charge is 0.383 e. The smallest absolute Gasteiger partial charge is 0.225 e. The van der Waals surface area contributed by atoms with Crippen LogP contribution in [0.5, 0.6) is 0 Å². The maximum Gasteiger partial charge on any atom is 0.225 e. The van der Waals surface area contributed by atoms with Crippen molar-refractivity contribution in [2.45, 2.75) is 12.8 Å². The number of hydrogen-bond donors (Lipinski definition) is 2. The Labute approximate surface area is 177 Å². The second kappa shape index (κ2) is 7.21. The number of nitrogens with two attached hydrogens (primary N) is 1. The topological polar surface area (TPSA) is 81.7 Å². The van der Waals surface area contributed by atoms with Crippen LogP contribution in [0, 0.1) is 5.92 Å². The van der Waals surface area contributed by atoms with Crippen molar-refractivity contribution >= 4 is 46.0 Å². The van der Waals surface area contributed by atoms with Crippen LogP contribution >= 0.6 is 23.2 Å². The quantitative estimate of drug-likeness (QED) is 0.460. The molecular formula is C21H18Cl2N6. The van der Waals surface area contributed by atoms with Gasteiger partial charge in [0.1, 0.15) is 5.82 Å². The average molecular weight is 425 g/mol. The summed E-state index contributed by atoms with van der Waals surface area (Å²) in [5, 5.41) is 10.0. The van der Waals surface area contributed by atoms with Crippen molar-refractivity contribution in [3.63, 3.8) is 0 Å². The van der Waals surface area contributed by atoms with E-state index in [-0.39, 0.29) is 0 Å². The molecule has 0 atom stereocenters. The van der Waals surface area contributed by atoms with Gasteiger partial charge >= 0.3 is 0 Å². The van der Waals surface area contributed by atoms with E-state index in [0.29, 0.717) is 38.8 Å². The highest BCUT2D eigenvalue weighted by molar-refractivity contribution is 6.30. The molecule has 0 saturated heterocycles. The van der Waals surface area contributed by atoms with Crippen molar-refractivity contribution in [1.29, 1.82) is 0 Å². The molecule has 29 heavy (non-hydrogen) atoms. The Morgan fingerprint density at radius 3 is 2.28 bits per heavy atom. The van der Waals surface area contributed by atoms with Crippen molar-refractivity contribution in [2.75, 3.05) is 17.6 Å². The molecule has 2 heterocycles. The summed E-state index contributed by atoms with van der Waals surface area (Å²) in [6.45, 7) is 0.860. The lowest BCUT2D eigenvalue weighted by atomic mass is 10.1. The number of fused-ring (bicyclic) bond motifs is 1. The molecule has 1 aliphatic rings. The first-order chi connectivity index (χ1) is 14.1. The third-order valence-electron chi connectivity index (χ3n) is 5.00. The summed E-state index contributed by atoms with van der Waals surface area (Å²) in [6.07, 6.45) is 2.49. The molecule has 0 amide bonds. The molecule has 2 aromatic heterocycles. The second-order valence-electron chi connectivity index (χ2n) is 7.20. The number of benzene rings is 2. The molecule has 0 spiro atoms. The van der Waals surface area contributed by atoms with E-state index in [4.69, 9.17) is 33.9 Å². The van der Waals surface area contributed by atoms with Gasteiger partial charge in [-0.05, 0) is 55.2 Å². The average Bonchev–Trinajstić information content (AvgIpc) is 3.50. The fourth-order valence-corrected chi connectivity index (χ4v) is 3.50. The minimum absolute atomic E-state index is 0.473. The van der Waals surface area contributed by atoms with Gasteiger partial charge < -0.3 is 11.1 Å². The van der Waals surface area contributed by atoms with Crippen LogP contribution in [0.25, 0.3) is 28.0 Å². The second-order valence-corrected chi connectivity index (χ2v) is 8.07. The molecule has 1 aliphatic carbocycles. The molecule has 0 radical (unpaired) electrons. The number of halogens is 2. The van der Waals surface area contributed by atoms with Gasteiger partial charge in [0.25, 0.3) is 0 Å². The first-order valence-corrected chi connectivity index (χ1v) is 10.2. The molecule has 1 saturated carbocycles. The monoisotopic (exact) mass is 424 g/mol. The van der Waals surface area contributed by atoms with Crippen LogP contribution in [0.3, 0.4) is 0 Å². The molecule has 3 N–H and O–H groups in total. The lowest BCUT2D eigenvalue weighted by Gasteiger charge is -2.08. The summed E-state index contributed by atoms with van der Waals surface area (Å²) in [7, 11) is 0. The predicted octanol–water partition coefficient (Wildman–Crippen LogP) is 5.19.